The van der Waals surface area contributed by atoms with Crippen LogP contribution in [0, 0.1) is 0 Å². The number of halogens is 2. The van der Waals surface area contributed by atoms with Crippen LogP contribution in [0.1, 0.15) is 6.92 Å². The Balaban J connectivity index is 3.83. The Labute approximate surface area is 63.6 Å². The molecule has 0 aliphatic rings. The van der Waals surface area contributed by atoms with Gasteiger partial charge in [-0.2, -0.15) is 0 Å². The minimum atomic E-state index is -2.55. The topological polar surface area (TPSA) is 40.5 Å². The van der Waals surface area contributed by atoms with E-state index in [-0.39, 0.29) is 0 Å². The lowest BCUT2D eigenvalue weighted by atomic mass is 10.3. The van der Waals surface area contributed by atoms with Gasteiger partial charge in [-0.15, -0.1) is 0 Å². The van der Waals surface area contributed by atoms with E-state index < -0.39 is 25.0 Å². The Morgan fingerprint density at radius 2 is 2.09 bits per heavy atom. The third-order valence-electron chi connectivity index (χ3n) is 1.15. The van der Waals surface area contributed by atoms with Crippen LogP contribution in [0.2, 0.25) is 0 Å². The first-order chi connectivity index (χ1) is 4.95. The van der Waals surface area contributed by atoms with Gasteiger partial charge < -0.3 is 10.0 Å². The van der Waals surface area contributed by atoms with E-state index in [2.05, 4.69) is 0 Å². The van der Waals surface area contributed by atoms with Crippen LogP contribution in [0.5, 0.6) is 0 Å². The number of amides is 1. The van der Waals surface area contributed by atoms with Gasteiger partial charge in [-0.25, -0.2) is 8.78 Å². The smallest absolute Gasteiger partial charge is 0.255 e. The normalized spacial score (nSPS) is 13.3. The Hall–Kier alpha value is -0.710. The molecule has 5 heteroatoms. The zero-order chi connectivity index (χ0) is 9.02. The van der Waals surface area contributed by atoms with E-state index in [1.807, 2.05) is 0 Å². The van der Waals surface area contributed by atoms with Crippen molar-refractivity contribution in [3.05, 3.63) is 0 Å². The molecule has 0 radical (unpaired) electrons. The van der Waals surface area contributed by atoms with Crippen molar-refractivity contribution in [1.29, 1.82) is 0 Å². The molecule has 0 saturated heterocycles. The molecular weight excluding hydrogens is 156 g/mol. The first kappa shape index (κ1) is 10.3. The highest BCUT2D eigenvalue weighted by Gasteiger charge is 2.17. The van der Waals surface area contributed by atoms with Crippen LogP contribution in [0.15, 0.2) is 0 Å². The van der Waals surface area contributed by atoms with E-state index in [1.165, 1.54) is 14.0 Å². The molecule has 0 aromatic carbocycles. The van der Waals surface area contributed by atoms with Crippen molar-refractivity contribution < 1.29 is 18.7 Å². The second kappa shape index (κ2) is 4.23. The average Bonchev–Trinajstić information content (AvgIpc) is 1.84. The monoisotopic (exact) mass is 167 g/mol. The number of likely N-dealkylation sites (N-methyl/N-ethyl adjacent to an activating group) is 1. The molecule has 1 unspecified atom stereocenters. The highest BCUT2D eigenvalue weighted by Crippen LogP contribution is 1.97. The maximum absolute atomic E-state index is 11.6. The van der Waals surface area contributed by atoms with E-state index in [0.29, 0.717) is 0 Å². The van der Waals surface area contributed by atoms with E-state index in [4.69, 9.17) is 5.11 Å². The van der Waals surface area contributed by atoms with Crippen molar-refractivity contribution in [2.75, 3.05) is 13.6 Å². The van der Waals surface area contributed by atoms with Crippen molar-refractivity contribution in [3.8, 4) is 0 Å². The fraction of sp³-hybridized carbons (Fsp3) is 0.833. The average molecular weight is 167 g/mol. The zero-order valence-corrected chi connectivity index (χ0v) is 6.42. The van der Waals surface area contributed by atoms with Crippen molar-refractivity contribution >= 4 is 5.91 Å². The third kappa shape index (κ3) is 3.87. The van der Waals surface area contributed by atoms with Crippen molar-refractivity contribution in [3.63, 3.8) is 0 Å². The van der Waals surface area contributed by atoms with Gasteiger partial charge in [0.05, 0.1) is 6.54 Å². The quantitative estimate of drug-likeness (QED) is 0.647. The van der Waals surface area contributed by atoms with E-state index in [9.17, 15) is 13.6 Å². The lowest BCUT2D eigenvalue weighted by molar-refractivity contribution is -0.139. The van der Waals surface area contributed by atoms with Crippen molar-refractivity contribution in [2.45, 2.75) is 19.5 Å². The van der Waals surface area contributed by atoms with Gasteiger partial charge in [0, 0.05) is 7.05 Å². The van der Waals surface area contributed by atoms with E-state index >= 15 is 0 Å². The van der Waals surface area contributed by atoms with Gasteiger partial charge in [0.25, 0.3) is 12.3 Å². The molecule has 0 aliphatic carbocycles. The van der Waals surface area contributed by atoms with Crippen LogP contribution in [0.4, 0.5) is 8.78 Å². The Morgan fingerprint density at radius 1 is 1.64 bits per heavy atom. The summed E-state index contributed by atoms with van der Waals surface area (Å²) in [4.78, 5) is 11.5. The maximum Gasteiger partial charge on any atom is 0.255 e. The summed E-state index contributed by atoms with van der Waals surface area (Å²) in [7, 11) is 1.22. The van der Waals surface area contributed by atoms with Crippen molar-refractivity contribution in [2.24, 2.45) is 0 Å². The number of aliphatic hydroxyl groups excluding tert-OH is 1. The molecule has 0 aromatic heterocycles. The highest BCUT2D eigenvalue weighted by molar-refractivity contribution is 5.79. The van der Waals surface area contributed by atoms with Crippen LogP contribution in [-0.4, -0.2) is 42.0 Å². The predicted molar refractivity (Wildman–Crippen MR) is 35.3 cm³/mol. The first-order valence-corrected chi connectivity index (χ1v) is 3.16. The molecular formula is C6H11F2NO2. The third-order valence-corrected chi connectivity index (χ3v) is 1.15. The summed E-state index contributed by atoms with van der Waals surface area (Å²) in [6, 6.07) is 0. The Morgan fingerprint density at radius 3 is 2.36 bits per heavy atom. The molecule has 0 aromatic rings. The summed E-state index contributed by atoms with van der Waals surface area (Å²) in [6.45, 7) is 0.605. The van der Waals surface area contributed by atoms with E-state index in [0.717, 1.165) is 4.90 Å². The number of carbonyl (C=O) groups is 1. The lowest BCUT2D eigenvalue weighted by Gasteiger charge is -2.17. The molecule has 0 heterocycles. The van der Waals surface area contributed by atoms with Gasteiger partial charge in [0.1, 0.15) is 6.10 Å². The van der Waals surface area contributed by atoms with Gasteiger partial charge in [-0.1, -0.05) is 0 Å². The fourth-order valence-electron chi connectivity index (χ4n) is 0.616. The molecule has 0 bridgehead atoms. The molecule has 0 spiro atoms. The number of hydrogen-bond acceptors (Lipinski definition) is 2. The number of alkyl halides is 2. The molecule has 0 aliphatic heterocycles. The van der Waals surface area contributed by atoms with E-state index in [1.54, 1.807) is 0 Å². The van der Waals surface area contributed by atoms with Crippen molar-refractivity contribution in [1.82, 2.24) is 4.90 Å². The van der Waals surface area contributed by atoms with Gasteiger partial charge in [-0.3, -0.25) is 4.79 Å². The summed E-state index contributed by atoms with van der Waals surface area (Å²) < 4.78 is 23.3. The largest absolute Gasteiger partial charge is 0.384 e. The second-order valence-electron chi connectivity index (χ2n) is 2.29. The summed E-state index contributed by atoms with van der Waals surface area (Å²) in [5, 5.41) is 8.67. The summed E-state index contributed by atoms with van der Waals surface area (Å²) in [6.07, 6.45) is -3.76. The maximum atomic E-state index is 11.6. The second-order valence-corrected chi connectivity index (χ2v) is 2.29. The van der Waals surface area contributed by atoms with Gasteiger partial charge in [-0.05, 0) is 6.92 Å². The first-order valence-electron chi connectivity index (χ1n) is 3.16. The Bertz CT molecular complexity index is 139. The molecule has 0 rings (SSSR count). The zero-order valence-electron chi connectivity index (χ0n) is 6.42. The molecule has 0 saturated carbocycles. The van der Waals surface area contributed by atoms with Crippen LogP contribution in [-0.2, 0) is 4.79 Å². The molecule has 1 amide bonds. The number of nitrogens with zero attached hydrogens (tertiary/aromatic N) is 1. The van der Waals surface area contributed by atoms with Gasteiger partial charge in [0.2, 0.25) is 0 Å². The summed E-state index contributed by atoms with van der Waals surface area (Å²) >= 11 is 0. The number of carbonyl (C=O) groups excluding carboxylic acids is 1. The van der Waals surface area contributed by atoms with Crippen LogP contribution >= 0.6 is 0 Å². The van der Waals surface area contributed by atoms with Crippen LogP contribution in [0.25, 0.3) is 0 Å². The molecule has 66 valence electrons. The lowest BCUT2D eigenvalue weighted by Crippen LogP contribution is -2.37. The van der Waals surface area contributed by atoms with Gasteiger partial charge >= 0.3 is 0 Å². The summed E-state index contributed by atoms with van der Waals surface area (Å²) in [5.41, 5.74) is 0. The minimum absolute atomic E-state index is 0.635. The molecule has 0 fully saturated rings. The minimum Gasteiger partial charge on any atom is -0.384 e. The Kier molecular flexibility index (Phi) is 3.95. The molecule has 1 N–H and O–H groups in total. The van der Waals surface area contributed by atoms with Gasteiger partial charge in [0.15, 0.2) is 0 Å². The molecule has 11 heavy (non-hydrogen) atoms. The highest BCUT2D eigenvalue weighted by atomic mass is 19.3. The fourth-order valence-corrected chi connectivity index (χ4v) is 0.616. The predicted octanol–water partition coefficient (Wildman–Crippen LogP) is 0.0907. The molecule has 1 atom stereocenters. The van der Waals surface area contributed by atoms with Crippen LogP contribution < -0.4 is 0 Å². The number of rotatable bonds is 3. The van der Waals surface area contributed by atoms with Crippen LogP contribution in [0.3, 0.4) is 0 Å². The number of hydrogen-bond donors (Lipinski definition) is 1. The number of aliphatic hydroxyl groups is 1. The standard InChI is InChI=1S/C6H11F2NO2/c1-4(10)6(11)9(2)3-5(7)8/h4-5,10H,3H2,1-2H3. The SMILES string of the molecule is CC(O)C(=O)N(C)CC(F)F. The summed E-state index contributed by atoms with van der Waals surface area (Å²) in [5.74, 6) is -0.690. The molecule has 3 nitrogen and oxygen atoms in total.